The highest BCUT2D eigenvalue weighted by atomic mass is 16.6. The van der Waals surface area contributed by atoms with Crippen LogP contribution < -0.4 is 5.32 Å². The Morgan fingerprint density at radius 2 is 1.95 bits per heavy atom. The van der Waals surface area contributed by atoms with Crippen LogP contribution in [-0.2, 0) is 9.53 Å². The quantitative estimate of drug-likeness (QED) is 0.839. The van der Waals surface area contributed by atoms with Crippen molar-refractivity contribution in [1.82, 2.24) is 5.32 Å². The number of ether oxygens (including phenoxy) is 1. The predicted molar refractivity (Wildman–Crippen MR) is 78.0 cm³/mol. The van der Waals surface area contributed by atoms with Crippen molar-refractivity contribution >= 4 is 5.97 Å². The van der Waals surface area contributed by atoms with Crippen LogP contribution in [0.2, 0.25) is 0 Å². The number of benzene rings is 1. The molecule has 0 aliphatic rings. The fourth-order valence-electron chi connectivity index (χ4n) is 1.75. The van der Waals surface area contributed by atoms with E-state index in [1.165, 1.54) is 0 Å². The molecule has 1 unspecified atom stereocenters. The molecule has 0 aliphatic carbocycles. The number of hydrogen-bond donors (Lipinski definition) is 1. The number of nitrogens with zero attached hydrogens (tertiary/aromatic N) is 1. The van der Waals surface area contributed by atoms with E-state index < -0.39 is 5.60 Å². The van der Waals surface area contributed by atoms with Crippen LogP contribution in [0, 0.1) is 11.3 Å². The third-order valence-electron chi connectivity index (χ3n) is 2.74. The molecule has 0 bridgehead atoms. The topological polar surface area (TPSA) is 62.1 Å². The molecule has 0 aliphatic heterocycles. The minimum atomic E-state index is -0.435. The summed E-state index contributed by atoms with van der Waals surface area (Å²) in [6, 6.07) is 9.65. The second kappa shape index (κ2) is 7.06. The normalized spacial score (nSPS) is 12.6. The number of carbonyl (C=O) groups is 1. The first-order chi connectivity index (χ1) is 9.31. The Bertz CT molecular complexity index is 481. The first kappa shape index (κ1) is 16.2. The van der Waals surface area contributed by atoms with Gasteiger partial charge in [-0.25, -0.2) is 0 Å². The van der Waals surface area contributed by atoms with Gasteiger partial charge in [0.25, 0.3) is 0 Å². The Labute approximate surface area is 120 Å². The van der Waals surface area contributed by atoms with Crippen molar-refractivity contribution in [3.05, 3.63) is 35.4 Å². The van der Waals surface area contributed by atoms with Crippen molar-refractivity contribution in [3.8, 4) is 6.07 Å². The Morgan fingerprint density at radius 3 is 2.45 bits per heavy atom. The average molecular weight is 274 g/mol. The van der Waals surface area contributed by atoms with Crippen LogP contribution in [0.4, 0.5) is 0 Å². The Balaban J connectivity index is 2.38. The molecule has 0 fully saturated rings. The third kappa shape index (κ3) is 5.85. The molecule has 20 heavy (non-hydrogen) atoms. The molecular formula is C16H22N2O2. The monoisotopic (exact) mass is 274 g/mol. The number of nitriles is 1. The van der Waals surface area contributed by atoms with Gasteiger partial charge < -0.3 is 10.1 Å². The summed E-state index contributed by atoms with van der Waals surface area (Å²) in [4.78, 5) is 11.6. The first-order valence-electron chi connectivity index (χ1n) is 6.77. The molecule has 0 amide bonds. The zero-order chi connectivity index (χ0) is 15.2. The summed E-state index contributed by atoms with van der Waals surface area (Å²) in [7, 11) is 0. The molecule has 1 rings (SSSR count). The van der Waals surface area contributed by atoms with Crippen LogP contribution in [0.25, 0.3) is 0 Å². The Kier molecular flexibility index (Phi) is 5.72. The predicted octanol–water partition coefficient (Wildman–Crippen LogP) is 2.94. The van der Waals surface area contributed by atoms with Gasteiger partial charge in [-0.15, -0.1) is 0 Å². The van der Waals surface area contributed by atoms with Crippen LogP contribution in [0.5, 0.6) is 0 Å². The Hall–Kier alpha value is -1.86. The van der Waals surface area contributed by atoms with E-state index in [0.29, 0.717) is 18.5 Å². The van der Waals surface area contributed by atoms with E-state index >= 15 is 0 Å². The maximum atomic E-state index is 11.6. The van der Waals surface area contributed by atoms with Gasteiger partial charge >= 0.3 is 5.97 Å². The minimum Gasteiger partial charge on any atom is -0.460 e. The molecule has 4 nitrogen and oxygen atoms in total. The molecule has 0 heterocycles. The molecule has 0 saturated heterocycles. The first-order valence-corrected chi connectivity index (χ1v) is 6.77. The van der Waals surface area contributed by atoms with E-state index in [4.69, 9.17) is 10.00 Å². The molecule has 1 aromatic carbocycles. The lowest BCUT2D eigenvalue weighted by Gasteiger charge is -2.20. The average Bonchev–Trinajstić information content (AvgIpc) is 2.36. The van der Waals surface area contributed by atoms with E-state index in [-0.39, 0.29) is 12.0 Å². The molecule has 4 heteroatoms. The summed E-state index contributed by atoms with van der Waals surface area (Å²) >= 11 is 0. The largest absolute Gasteiger partial charge is 0.460 e. The standard InChI is InChI=1S/C16H22N2O2/c1-12(14-7-5-13(11-17)6-8-14)18-10-9-15(19)20-16(2,3)4/h5-8,12,18H,9-10H2,1-4H3. The summed E-state index contributed by atoms with van der Waals surface area (Å²) in [5.74, 6) is -0.197. The summed E-state index contributed by atoms with van der Waals surface area (Å²) in [5.41, 5.74) is 1.30. The number of rotatable bonds is 5. The maximum Gasteiger partial charge on any atom is 0.307 e. The van der Waals surface area contributed by atoms with Crippen LogP contribution in [-0.4, -0.2) is 18.1 Å². The molecule has 0 spiro atoms. The molecule has 108 valence electrons. The third-order valence-corrected chi connectivity index (χ3v) is 2.74. The van der Waals surface area contributed by atoms with Crippen LogP contribution >= 0.6 is 0 Å². The van der Waals surface area contributed by atoms with Crippen molar-refractivity contribution in [3.63, 3.8) is 0 Å². The van der Waals surface area contributed by atoms with Gasteiger partial charge in [0.1, 0.15) is 5.60 Å². The highest BCUT2D eigenvalue weighted by Crippen LogP contribution is 2.13. The summed E-state index contributed by atoms with van der Waals surface area (Å²) < 4.78 is 5.24. The van der Waals surface area contributed by atoms with Crippen LogP contribution in [0.15, 0.2) is 24.3 Å². The van der Waals surface area contributed by atoms with E-state index in [2.05, 4.69) is 11.4 Å². The van der Waals surface area contributed by atoms with Crippen molar-refractivity contribution in [1.29, 1.82) is 5.26 Å². The van der Waals surface area contributed by atoms with Gasteiger partial charge in [-0.2, -0.15) is 5.26 Å². The lowest BCUT2D eigenvalue weighted by molar-refractivity contribution is -0.154. The maximum absolute atomic E-state index is 11.6. The van der Waals surface area contributed by atoms with Crippen molar-refractivity contribution < 1.29 is 9.53 Å². The van der Waals surface area contributed by atoms with Gasteiger partial charge in [0.15, 0.2) is 0 Å². The molecule has 0 aromatic heterocycles. The second-order valence-electron chi connectivity index (χ2n) is 5.75. The van der Waals surface area contributed by atoms with E-state index in [1.54, 1.807) is 12.1 Å². The number of nitrogens with one attached hydrogen (secondary N) is 1. The summed E-state index contributed by atoms with van der Waals surface area (Å²) in [5, 5.41) is 12.0. The van der Waals surface area contributed by atoms with Gasteiger partial charge in [0.05, 0.1) is 18.1 Å². The highest BCUT2D eigenvalue weighted by molar-refractivity contribution is 5.70. The van der Waals surface area contributed by atoms with E-state index in [1.807, 2.05) is 39.8 Å². The number of hydrogen-bond acceptors (Lipinski definition) is 4. The van der Waals surface area contributed by atoms with Gasteiger partial charge in [-0.3, -0.25) is 4.79 Å². The molecule has 1 N–H and O–H groups in total. The highest BCUT2D eigenvalue weighted by Gasteiger charge is 2.16. The lowest BCUT2D eigenvalue weighted by Crippen LogP contribution is -2.27. The van der Waals surface area contributed by atoms with Gasteiger partial charge in [0.2, 0.25) is 0 Å². The van der Waals surface area contributed by atoms with E-state index in [0.717, 1.165) is 5.56 Å². The molecule has 1 aromatic rings. The second-order valence-corrected chi connectivity index (χ2v) is 5.75. The van der Waals surface area contributed by atoms with Crippen molar-refractivity contribution in [2.45, 2.75) is 45.8 Å². The van der Waals surface area contributed by atoms with Crippen LogP contribution in [0.3, 0.4) is 0 Å². The number of esters is 1. The summed E-state index contributed by atoms with van der Waals surface area (Å²) in [6.07, 6.45) is 0.345. The minimum absolute atomic E-state index is 0.130. The van der Waals surface area contributed by atoms with E-state index in [9.17, 15) is 4.79 Å². The number of carbonyl (C=O) groups excluding carboxylic acids is 1. The van der Waals surface area contributed by atoms with Gasteiger partial charge in [-0.05, 0) is 45.4 Å². The van der Waals surface area contributed by atoms with Crippen LogP contribution in [0.1, 0.15) is 51.3 Å². The zero-order valence-electron chi connectivity index (χ0n) is 12.6. The van der Waals surface area contributed by atoms with Gasteiger partial charge in [0, 0.05) is 12.6 Å². The van der Waals surface area contributed by atoms with Crippen molar-refractivity contribution in [2.24, 2.45) is 0 Å². The summed E-state index contributed by atoms with van der Waals surface area (Å²) in [6.45, 7) is 8.17. The smallest absolute Gasteiger partial charge is 0.307 e. The SMILES string of the molecule is CC(NCCC(=O)OC(C)(C)C)c1ccc(C#N)cc1. The van der Waals surface area contributed by atoms with Gasteiger partial charge in [-0.1, -0.05) is 12.1 Å². The fraction of sp³-hybridized carbons (Fsp3) is 0.500. The fourth-order valence-corrected chi connectivity index (χ4v) is 1.75. The molecule has 1 atom stereocenters. The van der Waals surface area contributed by atoms with Crippen molar-refractivity contribution in [2.75, 3.05) is 6.54 Å². The molecular weight excluding hydrogens is 252 g/mol. The Morgan fingerprint density at radius 1 is 1.35 bits per heavy atom. The lowest BCUT2D eigenvalue weighted by atomic mass is 10.1. The zero-order valence-corrected chi connectivity index (χ0v) is 12.6. The molecule has 0 saturated carbocycles. The molecule has 0 radical (unpaired) electrons.